The molecule has 0 radical (unpaired) electrons. The number of hydrogen-bond donors (Lipinski definition) is 0. The van der Waals surface area contributed by atoms with E-state index in [-0.39, 0.29) is 17.4 Å². The van der Waals surface area contributed by atoms with E-state index < -0.39 is 5.67 Å². The molecule has 0 spiro atoms. The van der Waals surface area contributed by atoms with Gasteiger partial charge >= 0.3 is 0 Å². The Morgan fingerprint density at radius 3 is 2.55 bits per heavy atom. The second kappa shape index (κ2) is 4.04. The monoisotopic (exact) mass is 302 g/mol. The summed E-state index contributed by atoms with van der Waals surface area (Å²) in [6.45, 7) is 0. The maximum atomic E-state index is 15.0. The maximum Gasteiger partial charge on any atom is 0.224 e. The molecule has 4 bridgehead atoms. The van der Waals surface area contributed by atoms with Crippen LogP contribution in [0.1, 0.15) is 57.8 Å². The highest BCUT2D eigenvalue weighted by Gasteiger charge is 2.60. The molecule has 22 heavy (non-hydrogen) atoms. The van der Waals surface area contributed by atoms with Crippen LogP contribution in [0.3, 0.4) is 0 Å². The van der Waals surface area contributed by atoms with Crippen LogP contribution in [0.2, 0.25) is 0 Å². The Bertz CT molecular complexity index is 568. The Hall–Kier alpha value is -1.11. The predicted octanol–water partition coefficient (Wildman–Crippen LogP) is 3.20. The van der Waals surface area contributed by atoms with Gasteiger partial charge in [0.05, 0.1) is 6.07 Å². The SMILES string of the molecule is N#C[C@@H]1C[C@@H]2C[C@@H]2N1C(=O)CC12CC3CC(CC(F)(C3)C1)C2. The molecule has 5 aliphatic carbocycles. The van der Waals surface area contributed by atoms with E-state index in [1.807, 2.05) is 4.90 Å². The smallest absolute Gasteiger partial charge is 0.224 e. The molecule has 3 nitrogen and oxygen atoms in total. The molecular formula is C18H23FN2O. The van der Waals surface area contributed by atoms with Gasteiger partial charge in [-0.25, -0.2) is 4.39 Å². The third-order valence-electron chi connectivity index (χ3n) is 7.18. The number of likely N-dealkylation sites (tertiary alicyclic amines) is 1. The van der Waals surface area contributed by atoms with Crippen LogP contribution in [0.5, 0.6) is 0 Å². The summed E-state index contributed by atoms with van der Waals surface area (Å²) < 4.78 is 15.0. The molecule has 6 aliphatic rings. The third-order valence-corrected chi connectivity index (χ3v) is 7.18. The third kappa shape index (κ3) is 1.80. The van der Waals surface area contributed by atoms with E-state index in [9.17, 15) is 10.1 Å². The van der Waals surface area contributed by atoms with Gasteiger partial charge in [0.15, 0.2) is 0 Å². The second-order valence-corrected chi connectivity index (χ2v) is 9.03. The van der Waals surface area contributed by atoms with Crippen molar-refractivity contribution in [2.24, 2.45) is 23.2 Å². The van der Waals surface area contributed by atoms with Gasteiger partial charge in [0.25, 0.3) is 0 Å². The van der Waals surface area contributed by atoms with E-state index in [1.165, 1.54) is 6.42 Å². The zero-order valence-corrected chi connectivity index (χ0v) is 12.9. The number of alkyl halides is 1. The van der Waals surface area contributed by atoms with Crippen molar-refractivity contribution in [2.45, 2.75) is 75.5 Å². The number of nitriles is 1. The highest BCUT2D eigenvalue weighted by Crippen LogP contribution is 2.64. The molecule has 4 heteroatoms. The number of hydrogen-bond acceptors (Lipinski definition) is 2. The molecule has 1 amide bonds. The van der Waals surface area contributed by atoms with Crippen LogP contribution in [0, 0.1) is 34.5 Å². The van der Waals surface area contributed by atoms with Crippen LogP contribution in [-0.2, 0) is 4.79 Å². The van der Waals surface area contributed by atoms with Crippen LogP contribution in [-0.4, -0.2) is 28.6 Å². The van der Waals surface area contributed by atoms with Crippen molar-refractivity contribution >= 4 is 5.91 Å². The van der Waals surface area contributed by atoms with E-state index >= 15 is 4.39 Å². The summed E-state index contributed by atoms with van der Waals surface area (Å²) in [5, 5.41) is 9.29. The Morgan fingerprint density at radius 2 is 1.91 bits per heavy atom. The number of nitrogens with zero attached hydrogens (tertiary/aromatic N) is 2. The molecule has 5 saturated carbocycles. The molecule has 118 valence electrons. The van der Waals surface area contributed by atoms with Gasteiger partial charge in [0.1, 0.15) is 11.7 Å². The number of halogens is 1. The molecule has 6 fully saturated rings. The molecule has 6 rings (SSSR count). The summed E-state index contributed by atoms with van der Waals surface area (Å²) in [5.74, 6) is 1.70. The summed E-state index contributed by atoms with van der Waals surface area (Å²) in [6, 6.07) is 2.41. The van der Waals surface area contributed by atoms with Gasteiger partial charge in [0, 0.05) is 12.5 Å². The lowest BCUT2D eigenvalue weighted by atomic mass is 9.47. The van der Waals surface area contributed by atoms with E-state index in [1.54, 1.807) is 0 Å². The van der Waals surface area contributed by atoms with Crippen LogP contribution in [0.15, 0.2) is 0 Å². The average Bonchev–Trinajstić information content (AvgIpc) is 3.05. The van der Waals surface area contributed by atoms with Gasteiger partial charge < -0.3 is 4.90 Å². The van der Waals surface area contributed by atoms with Crippen LogP contribution in [0.4, 0.5) is 4.39 Å². The number of rotatable bonds is 2. The lowest BCUT2D eigenvalue weighted by Crippen LogP contribution is -2.55. The van der Waals surface area contributed by atoms with E-state index in [0.717, 1.165) is 38.5 Å². The van der Waals surface area contributed by atoms with Crippen LogP contribution >= 0.6 is 0 Å². The van der Waals surface area contributed by atoms with Gasteiger partial charge in [-0.1, -0.05) is 0 Å². The van der Waals surface area contributed by atoms with E-state index in [2.05, 4.69) is 6.07 Å². The number of carbonyl (C=O) groups is 1. The van der Waals surface area contributed by atoms with Crippen molar-refractivity contribution < 1.29 is 9.18 Å². The summed E-state index contributed by atoms with van der Waals surface area (Å²) in [5.41, 5.74) is -1.09. The van der Waals surface area contributed by atoms with Crippen molar-refractivity contribution in [3.05, 3.63) is 0 Å². The Kier molecular flexibility index (Phi) is 2.45. The maximum absolute atomic E-state index is 15.0. The number of piperidine rings is 1. The molecule has 2 unspecified atom stereocenters. The normalized spacial score (nSPS) is 54.2. The van der Waals surface area contributed by atoms with Gasteiger partial charge in [-0.3, -0.25) is 4.79 Å². The first-order valence-electron chi connectivity index (χ1n) is 8.89. The standard InChI is InChI=1S/C18H23FN2O/c19-18-6-11-1-12(7-18)5-17(4-11,10-18)8-16(22)21-14(9-20)2-13-3-15(13)21/h11-15H,1-8,10H2/t11?,12?,13-,14+,15+,17?,18?/m1/s1. The van der Waals surface area contributed by atoms with Crippen molar-refractivity contribution in [1.29, 1.82) is 5.26 Å². The Labute approximate surface area is 130 Å². The first-order valence-corrected chi connectivity index (χ1v) is 8.89. The van der Waals surface area contributed by atoms with Crippen molar-refractivity contribution in [2.75, 3.05) is 0 Å². The summed E-state index contributed by atoms with van der Waals surface area (Å²) in [6.07, 6.45) is 7.75. The van der Waals surface area contributed by atoms with E-state index in [4.69, 9.17) is 0 Å². The predicted molar refractivity (Wildman–Crippen MR) is 78.3 cm³/mol. The topological polar surface area (TPSA) is 44.1 Å². The van der Waals surface area contributed by atoms with Gasteiger partial charge in [-0.2, -0.15) is 5.26 Å². The summed E-state index contributed by atoms with van der Waals surface area (Å²) in [7, 11) is 0. The summed E-state index contributed by atoms with van der Waals surface area (Å²) >= 11 is 0. The lowest BCUT2D eigenvalue weighted by molar-refractivity contribution is -0.151. The molecule has 0 N–H and O–H groups in total. The molecule has 1 aliphatic heterocycles. The van der Waals surface area contributed by atoms with E-state index in [0.29, 0.717) is 36.6 Å². The first-order chi connectivity index (χ1) is 10.5. The van der Waals surface area contributed by atoms with Crippen molar-refractivity contribution in [3.63, 3.8) is 0 Å². The van der Waals surface area contributed by atoms with Gasteiger partial charge in [-0.15, -0.1) is 0 Å². The van der Waals surface area contributed by atoms with Crippen LogP contribution in [0.25, 0.3) is 0 Å². The molecule has 0 aromatic carbocycles. The average molecular weight is 302 g/mol. The Balaban J connectivity index is 1.37. The minimum absolute atomic E-state index is 0.0943. The minimum Gasteiger partial charge on any atom is -0.323 e. The summed E-state index contributed by atoms with van der Waals surface area (Å²) in [4.78, 5) is 14.8. The highest BCUT2D eigenvalue weighted by atomic mass is 19.1. The lowest BCUT2D eigenvalue weighted by Gasteiger charge is -2.59. The van der Waals surface area contributed by atoms with Crippen molar-refractivity contribution in [3.8, 4) is 6.07 Å². The highest BCUT2D eigenvalue weighted by molar-refractivity contribution is 5.79. The minimum atomic E-state index is -0.994. The van der Waals surface area contributed by atoms with Crippen molar-refractivity contribution in [1.82, 2.24) is 4.90 Å². The molecule has 5 atom stereocenters. The molecule has 0 aromatic heterocycles. The fourth-order valence-corrected chi connectivity index (χ4v) is 6.89. The number of carbonyl (C=O) groups excluding carboxylic acids is 1. The van der Waals surface area contributed by atoms with Crippen LogP contribution < -0.4 is 0 Å². The molecule has 1 heterocycles. The number of fused-ring (bicyclic) bond motifs is 1. The zero-order chi connectivity index (χ0) is 15.1. The molecule has 1 saturated heterocycles. The fourth-order valence-electron chi connectivity index (χ4n) is 6.89. The molecule has 0 aromatic rings. The Morgan fingerprint density at radius 1 is 1.18 bits per heavy atom. The zero-order valence-electron chi connectivity index (χ0n) is 12.9. The largest absolute Gasteiger partial charge is 0.323 e. The van der Waals surface area contributed by atoms with Gasteiger partial charge in [-0.05, 0) is 74.5 Å². The first kappa shape index (κ1) is 13.3. The van der Waals surface area contributed by atoms with Gasteiger partial charge in [0.2, 0.25) is 5.91 Å². The number of amides is 1. The second-order valence-electron chi connectivity index (χ2n) is 9.03. The quantitative estimate of drug-likeness (QED) is 0.786. The fraction of sp³-hybridized carbons (Fsp3) is 0.889. The molecular weight excluding hydrogens is 279 g/mol.